The van der Waals surface area contributed by atoms with Crippen molar-refractivity contribution < 1.29 is 50.9 Å². The highest BCUT2D eigenvalue weighted by Crippen LogP contribution is 2.37. The van der Waals surface area contributed by atoms with E-state index in [-0.39, 0.29) is 60.6 Å². The molecule has 0 spiro atoms. The number of esters is 1. The highest BCUT2D eigenvalue weighted by atomic mass is 79.9. The molecule has 0 saturated heterocycles. The molecule has 1 aromatic heterocycles. The Hall–Kier alpha value is -5.73. The average Bonchev–Trinajstić information content (AvgIpc) is 3.60. The highest BCUT2D eigenvalue weighted by Gasteiger charge is 2.21. The fourth-order valence-electron chi connectivity index (χ4n) is 5.80. The van der Waals surface area contributed by atoms with E-state index in [1.807, 2.05) is 41.8 Å². The number of Topliss-reactive ketones (excluding diaryl/α,β-unsaturated/α-hetero) is 2. The topological polar surface area (TPSA) is 93.1 Å². The molecule has 1 heterocycles. The quantitative estimate of drug-likeness (QED) is 0.0575. The maximum absolute atomic E-state index is 13.3. The Morgan fingerprint density at radius 2 is 1.22 bits per heavy atom. The molecule has 5 aromatic carbocycles. The van der Waals surface area contributed by atoms with Gasteiger partial charge in [-0.05, 0) is 116 Å². The molecule has 0 N–H and O–H groups in total. The molecule has 0 atom stereocenters. The molecular formula is C45H37Br2F4NO7. The van der Waals surface area contributed by atoms with Crippen LogP contribution in [0, 0.1) is 18.6 Å². The van der Waals surface area contributed by atoms with Gasteiger partial charge in [0.15, 0.2) is 5.78 Å². The van der Waals surface area contributed by atoms with Crippen LogP contribution < -0.4 is 14.2 Å². The van der Waals surface area contributed by atoms with Gasteiger partial charge in [-0.25, -0.2) is 13.6 Å². The van der Waals surface area contributed by atoms with Crippen molar-refractivity contribution >= 4 is 49.4 Å². The third-order valence-corrected chi connectivity index (χ3v) is 9.68. The van der Waals surface area contributed by atoms with Crippen LogP contribution in [-0.2, 0) is 22.7 Å². The molecule has 0 amide bonds. The second kappa shape index (κ2) is 20.8. The molecule has 6 rings (SSSR count). The number of alkyl halides is 2. The minimum Gasteiger partial charge on any atom is -0.488 e. The van der Waals surface area contributed by atoms with Crippen molar-refractivity contribution in [1.82, 2.24) is 4.57 Å². The highest BCUT2D eigenvalue weighted by molar-refractivity contribution is 9.10. The van der Waals surface area contributed by atoms with Crippen LogP contribution in [0.3, 0.4) is 0 Å². The fraction of sp³-hybridized carbons (Fsp3) is 0.178. The largest absolute Gasteiger partial charge is 0.488 e. The van der Waals surface area contributed by atoms with Gasteiger partial charge >= 0.3 is 12.6 Å². The van der Waals surface area contributed by atoms with E-state index < -0.39 is 12.6 Å². The summed E-state index contributed by atoms with van der Waals surface area (Å²) in [5.74, 6) is -0.857. The third kappa shape index (κ3) is 12.4. The lowest BCUT2D eigenvalue weighted by molar-refractivity contribution is -0.117. The number of carbonyl (C=O) groups excluding carboxylic acids is 3. The van der Waals surface area contributed by atoms with Crippen molar-refractivity contribution in [3.8, 4) is 34.2 Å². The van der Waals surface area contributed by atoms with Crippen LogP contribution in [0.5, 0.6) is 17.2 Å². The Morgan fingerprint density at radius 3 is 1.80 bits per heavy atom. The smallest absolute Gasteiger partial charge is 0.387 e. The summed E-state index contributed by atoms with van der Waals surface area (Å²) in [6.45, 7) is 0.697. The SMILES string of the molecule is CC(=O)CCC(=O)c1cc(Br)ccc1OCc1ccc(F)cc1.COC(=O)c1cc(-n2c(C)ccc2-c2cc(Br)ccc2OCc2ccc(F)cc2)ccc1OC(F)F. The van der Waals surface area contributed by atoms with Crippen LogP contribution in [0.1, 0.15) is 57.3 Å². The summed E-state index contributed by atoms with van der Waals surface area (Å²) in [6, 6.07) is 30.9. The van der Waals surface area contributed by atoms with Gasteiger partial charge in [0.05, 0.1) is 18.4 Å². The molecule has 0 aliphatic rings. The second-order valence-corrected chi connectivity index (χ2v) is 14.8. The number of methoxy groups -OCH3 is 1. The third-order valence-electron chi connectivity index (χ3n) is 8.70. The number of rotatable bonds is 15. The Kier molecular flexibility index (Phi) is 15.6. The fourth-order valence-corrected chi connectivity index (χ4v) is 6.52. The summed E-state index contributed by atoms with van der Waals surface area (Å²) in [4.78, 5) is 35.6. The van der Waals surface area contributed by atoms with E-state index in [2.05, 4.69) is 36.6 Å². The monoisotopic (exact) mass is 937 g/mol. The Bertz CT molecular complexity index is 2420. The number of aromatic nitrogens is 1. The van der Waals surface area contributed by atoms with Gasteiger partial charge in [-0.1, -0.05) is 56.1 Å². The Balaban J connectivity index is 0.000000248. The first-order valence-electron chi connectivity index (χ1n) is 17.9. The molecule has 0 saturated carbocycles. The maximum Gasteiger partial charge on any atom is 0.387 e. The molecule has 6 aromatic rings. The van der Waals surface area contributed by atoms with Crippen LogP contribution in [0.4, 0.5) is 17.6 Å². The summed E-state index contributed by atoms with van der Waals surface area (Å²) >= 11 is 6.83. The van der Waals surface area contributed by atoms with Gasteiger partial charge in [0.1, 0.15) is 53.4 Å². The standard InChI is InChI=1S/C27H21BrF3NO4.C18H16BrFO3/c1-16-3-10-23(32(16)20-9-12-25(36-27(30)31)22(14-20)26(33)34-2)21-13-18(28)6-11-24(21)35-15-17-4-7-19(29)8-5-17;1-12(21)2-8-17(22)16-10-14(19)5-9-18(16)23-11-13-3-6-15(20)7-4-13/h3-14,27H,15H2,1-2H3;3-7,9-10H,2,8,11H2,1H3. The molecule has 0 aliphatic carbocycles. The van der Waals surface area contributed by atoms with Crippen LogP contribution in [-0.4, -0.2) is 35.8 Å². The number of halogens is 6. The number of aryl methyl sites for hydroxylation is 1. The second-order valence-electron chi connectivity index (χ2n) is 13.0. The summed E-state index contributed by atoms with van der Waals surface area (Å²) in [6.07, 6.45) is 0.363. The van der Waals surface area contributed by atoms with E-state index >= 15 is 0 Å². The molecule has 0 aliphatic heterocycles. The summed E-state index contributed by atoms with van der Waals surface area (Å²) in [5.41, 5.74) is 4.75. The lowest BCUT2D eigenvalue weighted by atomic mass is 10.0. The van der Waals surface area contributed by atoms with Gasteiger partial charge in [-0.2, -0.15) is 8.78 Å². The molecule has 0 bridgehead atoms. The number of hydrogen-bond acceptors (Lipinski definition) is 7. The van der Waals surface area contributed by atoms with Crippen molar-refractivity contribution in [2.45, 2.75) is 46.5 Å². The van der Waals surface area contributed by atoms with Gasteiger partial charge in [0.25, 0.3) is 0 Å². The number of nitrogens with zero attached hydrogens (tertiary/aromatic N) is 1. The van der Waals surface area contributed by atoms with Crippen LogP contribution in [0.2, 0.25) is 0 Å². The van der Waals surface area contributed by atoms with Crippen molar-refractivity contribution in [3.63, 3.8) is 0 Å². The van der Waals surface area contributed by atoms with Crippen molar-refractivity contribution in [2.75, 3.05) is 7.11 Å². The van der Waals surface area contributed by atoms with E-state index in [1.54, 1.807) is 48.5 Å². The Morgan fingerprint density at radius 1 is 0.661 bits per heavy atom. The first kappa shape index (κ1) is 44.4. The molecule has 59 heavy (non-hydrogen) atoms. The number of hydrogen-bond donors (Lipinski definition) is 0. The van der Waals surface area contributed by atoms with Gasteiger partial charge in [-0.15, -0.1) is 0 Å². The first-order chi connectivity index (χ1) is 28.2. The van der Waals surface area contributed by atoms with Crippen LogP contribution >= 0.6 is 31.9 Å². The zero-order chi connectivity index (χ0) is 42.6. The van der Waals surface area contributed by atoms with Gasteiger partial charge < -0.3 is 28.3 Å². The van der Waals surface area contributed by atoms with E-state index in [0.717, 1.165) is 37.0 Å². The lowest BCUT2D eigenvalue weighted by Gasteiger charge is -2.18. The number of benzene rings is 5. The van der Waals surface area contributed by atoms with E-state index in [4.69, 9.17) is 14.2 Å². The van der Waals surface area contributed by atoms with E-state index in [0.29, 0.717) is 22.7 Å². The predicted octanol–water partition coefficient (Wildman–Crippen LogP) is 12.0. The summed E-state index contributed by atoms with van der Waals surface area (Å²) in [5, 5.41) is 0. The van der Waals surface area contributed by atoms with Crippen LogP contribution in [0.15, 0.2) is 124 Å². The average molecular weight is 940 g/mol. The zero-order valence-electron chi connectivity index (χ0n) is 31.9. The van der Waals surface area contributed by atoms with Crippen molar-refractivity contribution in [3.05, 3.63) is 164 Å². The minimum absolute atomic E-state index is 0.0258. The van der Waals surface area contributed by atoms with Crippen molar-refractivity contribution in [1.29, 1.82) is 0 Å². The number of ketones is 2. The molecule has 8 nitrogen and oxygen atoms in total. The molecule has 14 heteroatoms. The summed E-state index contributed by atoms with van der Waals surface area (Å²) in [7, 11) is 1.17. The zero-order valence-corrected chi connectivity index (χ0v) is 35.1. The van der Waals surface area contributed by atoms with Gasteiger partial charge in [0.2, 0.25) is 0 Å². The Labute approximate surface area is 354 Å². The molecule has 0 fully saturated rings. The first-order valence-corrected chi connectivity index (χ1v) is 19.5. The number of carbonyl (C=O) groups is 3. The van der Waals surface area contributed by atoms with Gasteiger partial charge in [-0.3, -0.25) is 4.79 Å². The van der Waals surface area contributed by atoms with E-state index in [1.165, 1.54) is 50.4 Å². The van der Waals surface area contributed by atoms with Crippen LogP contribution in [0.25, 0.3) is 16.9 Å². The molecule has 306 valence electrons. The number of ether oxygens (including phenoxy) is 4. The van der Waals surface area contributed by atoms with Gasteiger partial charge in [0, 0.05) is 38.7 Å². The maximum atomic E-state index is 13.3. The molecule has 0 radical (unpaired) electrons. The van der Waals surface area contributed by atoms with Crippen molar-refractivity contribution in [2.24, 2.45) is 0 Å². The minimum atomic E-state index is -3.09. The van der Waals surface area contributed by atoms with E-state index in [9.17, 15) is 31.9 Å². The normalized spacial score (nSPS) is 10.7. The summed E-state index contributed by atoms with van der Waals surface area (Å²) < 4.78 is 76.4. The lowest BCUT2D eigenvalue weighted by Crippen LogP contribution is -2.10. The molecular weight excluding hydrogens is 902 g/mol. The predicted molar refractivity (Wildman–Crippen MR) is 221 cm³/mol. The molecule has 0 unspecified atom stereocenters.